The number of hydrogen-bond acceptors (Lipinski definition) is 4. The molecule has 2 aromatic carbocycles. The zero-order valence-corrected chi connectivity index (χ0v) is 19.1. The molecule has 1 amide bonds. The molecule has 1 saturated heterocycles. The van der Waals surface area contributed by atoms with Crippen LogP contribution < -0.4 is 0 Å². The van der Waals surface area contributed by atoms with E-state index in [4.69, 9.17) is 0 Å². The maximum atomic E-state index is 14.8. The summed E-state index contributed by atoms with van der Waals surface area (Å²) in [4.78, 5) is 16.7. The molecule has 11 heteroatoms. The van der Waals surface area contributed by atoms with Crippen LogP contribution in [0.4, 0.5) is 17.6 Å². The lowest BCUT2D eigenvalue weighted by Gasteiger charge is -2.45. The van der Waals surface area contributed by atoms with E-state index in [2.05, 4.69) is 15.3 Å². The van der Waals surface area contributed by atoms with E-state index in [1.807, 2.05) is 0 Å². The molecule has 1 fully saturated rings. The SMILES string of the molecule is Cn1nc2c(c1-c1cc(F)c(F)c(F)c1)C[C@@H]1CCC[C@H]2N1C(=O)c1cccc(F)c1-n1nccn1. The second-order valence-corrected chi connectivity index (χ2v) is 9.06. The molecule has 0 unspecified atom stereocenters. The molecule has 0 aliphatic carbocycles. The first-order chi connectivity index (χ1) is 17.3. The summed E-state index contributed by atoms with van der Waals surface area (Å²) < 4.78 is 58.0. The molecule has 2 bridgehead atoms. The highest BCUT2D eigenvalue weighted by molar-refractivity contribution is 5.98. The molecule has 4 aromatic rings. The van der Waals surface area contributed by atoms with E-state index in [1.165, 1.54) is 29.2 Å². The van der Waals surface area contributed by atoms with Gasteiger partial charge in [-0.05, 0) is 49.9 Å². The lowest BCUT2D eigenvalue weighted by molar-refractivity contribution is 0.0391. The van der Waals surface area contributed by atoms with Gasteiger partial charge in [0.25, 0.3) is 5.91 Å². The minimum atomic E-state index is -1.53. The number of nitrogens with zero attached hydrogens (tertiary/aromatic N) is 6. The van der Waals surface area contributed by atoms with Gasteiger partial charge in [-0.2, -0.15) is 15.3 Å². The second-order valence-electron chi connectivity index (χ2n) is 9.06. The smallest absolute Gasteiger partial charge is 0.257 e. The summed E-state index contributed by atoms with van der Waals surface area (Å²) in [5, 5.41) is 12.6. The van der Waals surface area contributed by atoms with Crippen molar-refractivity contribution in [2.24, 2.45) is 7.05 Å². The van der Waals surface area contributed by atoms with Crippen LogP contribution in [0, 0.1) is 23.3 Å². The van der Waals surface area contributed by atoms with Crippen LogP contribution in [0.25, 0.3) is 16.9 Å². The maximum absolute atomic E-state index is 14.8. The van der Waals surface area contributed by atoms with Gasteiger partial charge in [0.05, 0.1) is 35.4 Å². The first-order valence-corrected chi connectivity index (χ1v) is 11.5. The Balaban J connectivity index is 1.45. The minimum Gasteiger partial charge on any atom is -0.327 e. The lowest BCUT2D eigenvalue weighted by Crippen LogP contribution is -2.50. The Hall–Kier alpha value is -4.02. The Morgan fingerprint density at radius 3 is 2.44 bits per heavy atom. The van der Waals surface area contributed by atoms with Gasteiger partial charge in [0.1, 0.15) is 5.69 Å². The monoisotopic (exact) mass is 496 g/mol. The number of carbonyl (C=O) groups is 1. The van der Waals surface area contributed by atoms with Crippen molar-refractivity contribution in [3.63, 3.8) is 0 Å². The van der Waals surface area contributed by atoms with Gasteiger partial charge in [-0.25, -0.2) is 17.6 Å². The van der Waals surface area contributed by atoms with E-state index >= 15 is 0 Å². The molecule has 7 nitrogen and oxygen atoms in total. The van der Waals surface area contributed by atoms with Crippen LogP contribution in [0.3, 0.4) is 0 Å². The molecule has 0 radical (unpaired) electrons. The number of para-hydroxylation sites is 1. The third-order valence-corrected chi connectivity index (χ3v) is 7.00. The predicted molar refractivity (Wildman–Crippen MR) is 120 cm³/mol. The zero-order chi connectivity index (χ0) is 25.1. The topological polar surface area (TPSA) is 68.8 Å². The van der Waals surface area contributed by atoms with Crippen molar-refractivity contribution < 1.29 is 22.4 Å². The Labute approximate surface area is 202 Å². The number of aromatic nitrogens is 5. The number of carbonyl (C=O) groups excluding carboxylic acids is 1. The van der Waals surface area contributed by atoms with Crippen molar-refractivity contribution >= 4 is 5.91 Å². The Morgan fingerprint density at radius 2 is 1.72 bits per heavy atom. The molecule has 6 rings (SSSR count). The number of hydrogen-bond donors (Lipinski definition) is 0. The van der Waals surface area contributed by atoms with Gasteiger partial charge < -0.3 is 4.90 Å². The number of benzene rings is 2. The van der Waals surface area contributed by atoms with Crippen LogP contribution in [0.2, 0.25) is 0 Å². The van der Waals surface area contributed by atoms with Crippen LogP contribution in [0.1, 0.15) is 46.9 Å². The van der Waals surface area contributed by atoms with Gasteiger partial charge >= 0.3 is 0 Å². The molecule has 2 aliphatic rings. The highest BCUT2D eigenvalue weighted by Gasteiger charge is 2.44. The zero-order valence-electron chi connectivity index (χ0n) is 19.1. The molecule has 0 spiro atoms. The Morgan fingerprint density at radius 1 is 1.00 bits per heavy atom. The highest BCUT2D eigenvalue weighted by Crippen LogP contribution is 2.45. The lowest BCUT2D eigenvalue weighted by atomic mass is 9.81. The molecule has 2 atom stereocenters. The van der Waals surface area contributed by atoms with E-state index < -0.39 is 29.3 Å². The molecule has 2 aromatic heterocycles. The number of piperidine rings is 1. The number of aryl methyl sites for hydroxylation is 1. The van der Waals surface area contributed by atoms with Crippen molar-refractivity contribution in [2.45, 2.75) is 37.8 Å². The van der Waals surface area contributed by atoms with Gasteiger partial charge in [0.2, 0.25) is 0 Å². The number of amides is 1. The normalized spacial score (nSPS) is 18.9. The van der Waals surface area contributed by atoms with Gasteiger partial charge in [-0.3, -0.25) is 9.48 Å². The van der Waals surface area contributed by atoms with E-state index in [-0.39, 0.29) is 28.8 Å². The molecule has 0 saturated carbocycles. The Kier molecular flexibility index (Phi) is 5.16. The quantitative estimate of drug-likeness (QED) is 0.309. The van der Waals surface area contributed by atoms with E-state index in [0.717, 1.165) is 28.9 Å². The molecule has 2 aliphatic heterocycles. The summed E-state index contributed by atoms with van der Waals surface area (Å²) in [7, 11) is 1.65. The third kappa shape index (κ3) is 3.33. The van der Waals surface area contributed by atoms with Gasteiger partial charge in [0.15, 0.2) is 23.3 Å². The summed E-state index contributed by atoms with van der Waals surface area (Å²) in [6, 6.07) is 5.54. The summed E-state index contributed by atoms with van der Waals surface area (Å²) in [5.74, 6) is -5.08. The van der Waals surface area contributed by atoms with Crippen molar-refractivity contribution in [2.75, 3.05) is 0 Å². The fourth-order valence-corrected chi connectivity index (χ4v) is 5.56. The Bertz CT molecular complexity index is 1480. The summed E-state index contributed by atoms with van der Waals surface area (Å²) in [6.07, 6.45) is 5.39. The van der Waals surface area contributed by atoms with Crippen molar-refractivity contribution in [3.8, 4) is 16.9 Å². The van der Waals surface area contributed by atoms with Gasteiger partial charge in [-0.1, -0.05) is 6.07 Å². The fourth-order valence-electron chi connectivity index (χ4n) is 5.56. The predicted octanol–water partition coefficient (Wildman–Crippen LogP) is 4.52. The number of rotatable bonds is 3. The van der Waals surface area contributed by atoms with E-state index in [1.54, 1.807) is 18.0 Å². The molecule has 36 heavy (non-hydrogen) atoms. The largest absolute Gasteiger partial charge is 0.327 e. The third-order valence-electron chi connectivity index (χ3n) is 7.00. The number of halogens is 4. The van der Waals surface area contributed by atoms with E-state index in [9.17, 15) is 22.4 Å². The van der Waals surface area contributed by atoms with Crippen LogP contribution in [0.5, 0.6) is 0 Å². The second kappa shape index (κ2) is 8.28. The molecular weight excluding hydrogens is 476 g/mol. The number of fused-ring (bicyclic) bond motifs is 4. The van der Waals surface area contributed by atoms with Gasteiger partial charge in [0, 0.05) is 24.2 Å². The van der Waals surface area contributed by atoms with Crippen LogP contribution in [-0.2, 0) is 13.5 Å². The summed E-state index contributed by atoms with van der Waals surface area (Å²) in [6.45, 7) is 0. The average molecular weight is 496 g/mol. The first-order valence-electron chi connectivity index (χ1n) is 11.5. The van der Waals surface area contributed by atoms with Crippen LogP contribution in [0.15, 0.2) is 42.7 Å². The molecular formula is C25H20F4N6O. The van der Waals surface area contributed by atoms with Crippen molar-refractivity contribution in [1.29, 1.82) is 0 Å². The first kappa shape index (κ1) is 22.4. The summed E-state index contributed by atoms with van der Waals surface area (Å²) >= 11 is 0. The van der Waals surface area contributed by atoms with Crippen molar-refractivity contribution in [1.82, 2.24) is 29.7 Å². The molecule has 184 valence electrons. The maximum Gasteiger partial charge on any atom is 0.257 e. The molecule has 4 heterocycles. The summed E-state index contributed by atoms with van der Waals surface area (Å²) in [5.41, 5.74) is 2.16. The fraction of sp³-hybridized carbons (Fsp3) is 0.280. The van der Waals surface area contributed by atoms with Crippen LogP contribution >= 0.6 is 0 Å². The average Bonchev–Trinajstić information content (AvgIpc) is 3.49. The molecule has 0 N–H and O–H groups in total. The van der Waals surface area contributed by atoms with Crippen LogP contribution in [-0.4, -0.2) is 41.6 Å². The van der Waals surface area contributed by atoms with E-state index in [0.29, 0.717) is 30.7 Å². The minimum absolute atomic E-state index is 0.0321. The highest BCUT2D eigenvalue weighted by atomic mass is 19.2. The van der Waals surface area contributed by atoms with Crippen molar-refractivity contribution in [3.05, 3.63) is 82.8 Å². The standard InChI is InChI=1S/C25H20F4N6O/c1-33-23(13-10-18(27)21(29)19(28)11-13)16-12-14-4-2-7-20(22(16)32-33)34(14)25(36)15-5-3-6-17(26)24(15)35-30-8-9-31-35/h3,5-6,8-11,14,20H,2,4,7,12H2,1H3/t14-,20+/m0/s1. The van der Waals surface area contributed by atoms with Gasteiger partial charge in [-0.15, -0.1) is 4.80 Å².